The molecule has 0 spiro atoms. The highest BCUT2D eigenvalue weighted by molar-refractivity contribution is 6.01. The zero-order valence-corrected chi connectivity index (χ0v) is 17.7. The molecule has 0 radical (unpaired) electrons. The third-order valence-electron chi connectivity index (χ3n) is 5.23. The third kappa shape index (κ3) is 5.24. The summed E-state index contributed by atoms with van der Waals surface area (Å²) in [4.78, 5) is 30.0. The molecule has 1 saturated heterocycles. The fourth-order valence-corrected chi connectivity index (χ4v) is 3.66. The lowest BCUT2D eigenvalue weighted by atomic mass is 9.98. The molecule has 1 aliphatic heterocycles. The summed E-state index contributed by atoms with van der Waals surface area (Å²) >= 11 is 0. The first-order chi connectivity index (χ1) is 13.8. The van der Waals surface area contributed by atoms with Gasteiger partial charge in [0.15, 0.2) is 5.78 Å². The Kier molecular flexibility index (Phi) is 6.38. The Morgan fingerprint density at radius 3 is 2.14 bits per heavy atom. The summed E-state index contributed by atoms with van der Waals surface area (Å²) in [6, 6.07) is 19.0. The number of piperazine rings is 1. The van der Waals surface area contributed by atoms with Crippen LogP contribution in [0, 0.1) is 0 Å². The number of Topliss-reactive ketones (excluding diaryl/α,β-unsaturated/α-hetero) is 1. The number of hydrogen-bond donors (Lipinski definition) is 0. The number of nitrogens with zero attached hydrogens (tertiary/aromatic N) is 2. The average molecular weight is 395 g/mol. The molecule has 5 heteroatoms. The van der Waals surface area contributed by atoms with Crippen molar-refractivity contribution in [2.45, 2.75) is 45.4 Å². The summed E-state index contributed by atoms with van der Waals surface area (Å²) in [7, 11) is 0. The molecule has 1 fully saturated rings. The largest absolute Gasteiger partial charge is 0.444 e. The van der Waals surface area contributed by atoms with Crippen molar-refractivity contribution >= 4 is 11.9 Å². The highest BCUT2D eigenvalue weighted by Crippen LogP contribution is 2.26. The molecule has 0 unspecified atom stereocenters. The highest BCUT2D eigenvalue weighted by Gasteiger charge is 2.39. The minimum absolute atomic E-state index is 0.0542. The van der Waals surface area contributed by atoms with E-state index in [9.17, 15) is 9.59 Å². The second-order valence-corrected chi connectivity index (χ2v) is 8.50. The number of amides is 1. The minimum Gasteiger partial charge on any atom is -0.444 e. The van der Waals surface area contributed by atoms with Crippen LogP contribution in [0.1, 0.15) is 49.7 Å². The number of benzene rings is 2. The molecule has 2 atom stereocenters. The molecule has 0 bridgehead atoms. The maximum Gasteiger partial charge on any atom is 0.411 e. The predicted molar refractivity (Wildman–Crippen MR) is 114 cm³/mol. The Labute approximate surface area is 173 Å². The number of rotatable bonds is 4. The summed E-state index contributed by atoms with van der Waals surface area (Å²) in [6.07, 6.45) is -0.432. The highest BCUT2D eigenvalue weighted by atomic mass is 16.6. The monoisotopic (exact) mass is 394 g/mol. The van der Waals surface area contributed by atoms with E-state index in [0.717, 1.165) is 0 Å². The zero-order valence-electron chi connectivity index (χ0n) is 17.7. The van der Waals surface area contributed by atoms with Gasteiger partial charge in [0.2, 0.25) is 0 Å². The van der Waals surface area contributed by atoms with Crippen LogP contribution in [-0.4, -0.2) is 53.0 Å². The van der Waals surface area contributed by atoms with E-state index in [1.165, 1.54) is 5.56 Å². The topological polar surface area (TPSA) is 49.9 Å². The Morgan fingerprint density at radius 2 is 1.55 bits per heavy atom. The number of ether oxygens (including phenoxy) is 1. The maximum absolute atomic E-state index is 13.3. The Morgan fingerprint density at radius 1 is 0.966 bits per heavy atom. The van der Waals surface area contributed by atoms with Gasteiger partial charge in [0.1, 0.15) is 11.6 Å². The van der Waals surface area contributed by atoms with Crippen LogP contribution < -0.4 is 0 Å². The Balaban J connectivity index is 1.85. The van der Waals surface area contributed by atoms with Crippen molar-refractivity contribution in [2.24, 2.45) is 0 Å². The standard InChI is InChI=1S/C24H30N2O3/c1-18(19-11-7-5-8-12-19)25-15-16-26(23(28)29-24(2,3)4)21(17-25)22(27)20-13-9-6-10-14-20/h5-14,18,21H,15-17H2,1-4H3/t18-,21-/m0/s1. The van der Waals surface area contributed by atoms with Gasteiger partial charge in [-0.3, -0.25) is 14.6 Å². The van der Waals surface area contributed by atoms with E-state index < -0.39 is 17.7 Å². The van der Waals surface area contributed by atoms with Gasteiger partial charge in [-0.15, -0.1) is 0 Å². The summed E-state index contributed by atoms with van der Waals surface area (Å²) < 4.78 is 5.59. The van der Waals surface area contributed by atoms with E-state index in [4.69, 9.17) is 4.74 Å². The van der Waals surface area contributed by atoms with Crippen LogP contribution >= 0.6 is 0 Å². The van der Waals surface area contributed by atoms with Gasteiger partial charge < -0.3 is 4.74 Å². The van der Waals surface area contributed by atoms with Gasteiger partial charge in [-0.25, -0.2) is 4.79 Å². The van der Waals surface area contributed by atoms with Crippen LogP contribution in [0.2, 0.25) is 0 Å². The number of carbonyl (C=O) groups excluding carboxylic acids is 2. The molecule has 154 valence electrons. The van der Waals surface area contributed by atoms with Crippen molar-refractivity contribution in [3.63, 3.8) is 0 Å². The lowest BCUT2D eigenvalue weighted by molar-refractivity contribution is -0.00423. The first-order valence-corrected chi connectivity index (χ1v) is 10.1. The molecule has 29 heavy (non-hydrogen) atoms. The number of ketones is 1. The zero-order chi connectivity index (χ0) is 21.0. The van der Waals surface area contributed by atoms with Crippen LogP contribution in [0.3, 0.4) is 0 Å². The minimum atomic E-state index is -0.605. The van der Waals surface area contributed by atoms with Crippen LogP contribution in [0.4, 0.5) is 4.79 Å². The van der Waals surface area contributed by atoms with Gasteiger partial charge in [0.05, 0.1) is 0 Å². The van der Waals surface area contributed by atoms with Crippen molar-refractivity contribution in [1.29, 1.82) is 0 Å². The predicted octanol–water partition coefficient (Wildman–Crippen LogP) is 4.55. The second kappa shape index (κ2) is 8.78. The lowest BCUT2D eigenvalue weighted by Gasteiger charge is -2.43. The summed E-state index contributed by atoms with van der Waals surface area (Å²) in [5.41, 5.74) is 1.20. The van der Waals surface area contributed by atoms with E-state index in [1.54, 1.807) is 17.0 Å². The van der Waals surface area contributed by atoms with Crippen molar-refractivity contribution in [3.05, 3.63) is 71.8 Å². The van der Waals surface area contributed by atoms with Crippen molar-refractivity contribution in [1.82, 2.24) is 9.80 Å². The molecule has 1 aliphatic rings. The summed E-state index contributed by atoms with van der Waals surface area (Å²) in [5.74, 6) is -0.0542. The second-order valence-electron chi connectivity index (χ2n) is 8.50. The lowest BCUT2D eigenvalue weighted by Crippen LogP contribution is -2.59. The quantitative estimate of drug-likeness (QED) is 0.714. The van der Waals surface area contributed by atoms with Crippen molar-refractivity contribution in [2.75, 3.05) is 19.6 Å². The van der Waals surface area contributed by atoms with Gasteiger partial charge in [-0.1, -0.05) is 60.7 Å². The van der Waals surface area contributed by atoms with E-state index in [2.05, 4.69) is 24.0 Å². The molecule has 2 aromatic rings. The van der Waals surface area contributed by atoms with Gasteiger partial charge in [0, 0.05) is 31.2 Å². The molecule has 3 rings (SSSR count). The van der Waals surface area contributed by atoms with E-state index in [1.807, 2.05) is 57.2 Å². The number of hydrogen-bond acceptors (Lipinski definition) is 4. The third-order valence-corrected chi connectivity index (χ3v) is 5.23. The van der Waals surface area contributed by atoms with Gasteiger partial charge in [-0.2, -0.15) is 0 Å². The van der Waals surface area contributed by atoms with Crippen LogP contribution in [-0.2, 0) is 4.74 Å². The van der Waals surface area contributed by atoms with Gasteiger partial charge in [-0.05, 0) is 33.3 Å². The number of carbonyl (C=O) groups is 2. The SMILES string of the molecule is C[C@@H](c1ccccc1)N1CCN(C(=O)OC(C)(C)C)[C@H](C(=O)c2ccccc2)C1. The molecule has 0 aromatic heterocycles. The van der Waals surface area contributed by atoms with Crippen molar-refractivity contribution in [3.8, 4) is 0 Å². The van der Waals surface area contributed by atoms with E-state index in [-0.39, 0.29) is 11.8 Å². The van der Waals surface area contributed by atoms with Crippen LogP contribution in [0.15, 0.2) is 60.7 Å². The Bertz CT molecular complexity index is 830. The van der Waals surface area contributed by atoms with Gasteiger partial charge in [0.25, 0.3) is 0 Å². The molecular weight excluding hydrogens is 364 g/mol. The molecular formula is C24H30N2O3. The fraction of sp³-hybridized carbons (Fsp3) is 0.417. The molecule has 0 aliphatic carbocycles. The molecule has 5 nitrogen and oxygen atoms in total. The van der Waals surface area contributed by atoms with Crippen LogP contribution in [0.25, 0.3) is 0 Å². The average Bonchev–Trinajstić information content (AvgIpc) is 2.72. The first kappa shape index (κ1) is 21.1. The molecule has 0 N–H and O–H groups in total. The molecule has 2 aromatic carbocycles. The van der Waals surface area contributed by atoms with Crippen LogP contribution in [0.5, 0.6) is 0 Å². The fourth-order valence-electron chi connectivity index (χ4n) is 3.66. The normalized spacial score (nSPS) is 18.9. The molecule has 1 amide bonds. The van der Waals surface area contributed by atoms with Crippen molar-refractivity contribution < 1.29 is 14.3 Å². The maximum atomic E-state index is 13.3. The summed E-state index contributed by atoms with van der Waals surface area (Å²) in [5, 5.41) is 0. The first-order valence-electron chi connectivity index (χ1n) is 10.1. The molecule has 1 heterocycles. The van der Waals surface area contributed by atoms with E-state index in [0.29, 0.717) is 25.2 Å². The van der Waals surface area contributed by atoms with E-state index >= 15 is 0 Å². The van der Waals surface area contributed by atoms with Gasteiger partial charge >= 0.3 is 6.09 Å². The summed E-state index contributed by atoms with van der Waals surface area (Å²) in [6.45, 7) is 9.28. The smallest absolute Gasteiger partial charge is 0.411 e. The molecule has 0 saturated carbocycles. The Hall–Kier alpha value is -2.66.